The summed E-state index contributed by atoms with van der Waals surface area (Å²) in [7, 11) is 0. The molecule has 1 aromatic rings. The fraction of sp³-hybridized carbons (Fsp3) is 0.500. The lowest BCUT2D eigenvalue weighted by Crippen LogP contribution is -2.48. The minimum absolute atomic E-state index is 0.0748. The first-order chi connectivity index (χ1) is 8.51. The first-order valence-corrected chi connectivity index (χ1v) is 6.19. The minimum Gasteiger partial charge on any atom is -0.491 e. The standard InChI is InChI=1S/C14H19NO3/c1-10(2)18-12-5-3-4-11(8-12)13(16)14(15)6-7-17-9-14/h3-5,8,10H,6-7,9,15H2,1-2H3. The number of carbonyl (C=O) groups is 1. The van der Waals surface area contributed by atoms with E-state index in [1.165, 1.54) is 0 Å². The van der Waals surface area contributed by atoms with E-state index in [2.05, 4.69) is 0 Å². The van der Waals surface area contributed by atoms with E-state index in [0.717, 1.165) is 0 Å². The van der Waals surface area contributed by atoms with Gasteiger partial charge in [0, 0.05) is 12.2 Å². The topological polar surface area (TPSA) is 61.5 Å². The molecular weight excluding hydrogens is 230 g/mol. The highest BCUT2D eigenvalue weighted by atomic mass is 16.5. The molecule has 1 atom stereocenters. The Balaban J connectivity index is 2.20. The molecule has 0 spiro atoms. The van der Waals surface area contributed by atoms with Crippen molar-refractivity contribution in [2.24, 2.45) is 5.73 Å². The quantitative estimate of drug-likeness (QED) is 0.826. The van der Waals surface area contributed by atoms with Crippen LogP contribution in [0.4, 0.5) is 0 Å². The average Bonchev–Trinajstić information content (AvgIpc) is 2.76. The predicted molar refractivity (Wildman–Crippen MR) is 68.9 cm³/mol. The maximum Gasteiger partial charge on any atom is 0.185 e. The molecule has 2 N–H and O–H groups in total. The summed E-state index contributed by atoms with van der Waals surface area (Å²) in [6.07, 6.45) is 0.651. The molecule has 0 bridgehead atoms. The Morgan fingerprint density at radius 2 is 2.28 bits per heavy atom. The second-order valence-corrected chi connectivity index (χ2v) is 4.98. The number of hydrogen-bond donors (Lipinski definition) is 1. The zero-order valence-electron chi connectivity index (χ0n) is 10.8. The first-order valence-electron chi connectivity index (χ1n) is 6.19. The number of benzene rings is 1. The van der Waals surface area contributed by atoms with E-state index in [4.69, 9.17) is 15.2 Å². The Morgan fingerprint density at radius 3 is 2.89 bits per heavy atom. The van der Waals surface area contributed by atoms with Crippen LogP contribution in [0.1, 0.15) is 30.6 Å². The minimum atomic E-state index is -0.879. The number of Topliss-reactive ketones (excluding diaryl/α,β-unsaturated/α-hetero) is 1. The van der Waals surface area contributed by atoms with Crippen molar-refractivity contribution in [2.45, 2.75) is 31.9 Å². The molecule has 1 heterocycles. The lowest BCUT2D eigenvalue weighted by Gasteiger charge is -2.20. The maximum absolute atomic E-state index is 12.3. The Hall–Kier alpha value is -1.39. The average molecular weight is 249 g/mol. The zero-order chi connectivity index (χ0) is 13.2. The molecular formula is C14H19NO3. The van der Waals surface area contributed by atoms with Crippen molar-refractivity contribution in [3.63, 3.8) is 0 Å². The second kappa shape index (κ2) is 5.08. The zero-order valence-corrected chi connectivity index (χ0v) is 10.8. The van der Waals surface area contributed by atoms with E-state index in [1.54, 1.807) is 12.1 Å². The lowest BCUT2D eigenvalue weighted by molar-refractivity contribution is 0.0862. The van der Waals surface area contributed by atoms with Crippen molar-refractivity contribution >= 4 is 5.78 Å². The maximum atomic E-state index is 12.3. The summed E-state index contributed by atoms with van der Waals surface area (Å²) in [5.74, 6) is 0.618. The molecule has 0 amide bonds. The molecule has 1 aliphatic heterocycles. The number of carbonyl (C=O) groups excluding carboxylic acids is 1. The summed E-state index contributed by atoms with van der Waals surface area (Å²) in [6, 6.07) is 7.16. The van der Waals surface area contributed by atoms with Gasteiger partial charge in [0.25, 0.3) is 0 Å². The van der Waals surface area contributed by atoms with E-state index in [9.17, 15) is 4.79 Å². The van der Waals surface area contributed by atoms with E-state index in [-0.39, 0.29) is 11.9 Å². The summed E-state index contributed by atoms with van der Waals surface area (Å²) < 4.78 is 10.8. The van der Waals surface area contributed by atoms with Crippen LogP contribution in [0, 0.1) is 0 Å². The van der Waals surface area contributed by atoms with Crippen LogP contribution in [0.2, 0.25) is 0 Å². The van der Waals surface area contributed by atoms with E-state index >= 15 is 0 Å². The van der Waals surface area contributed by atoms with E-state index in [0.29, 0.717) is 30.9 Å². The van der Waals surface area contributed by atoms with Gasteiger partial charge in [-0.1, -0.05) is 12.1 Å². The van der Waals surface area contributed by atoms with Crippen molar-refractivity contribution in [2.75, 3.05) is 13.2 Å². The van der Waals surface area contributed by atoms with Crippen LogP contribution in [0.3, 0.4) is 0 Å². The van der Waals surface area contributed by atoms with Gasteiger partial charge in [-0.25, -0.2) is 0 Å². The molecule has 1 aliphatic rings. The molecule has 4 heteroatoms. The first kappa shape index (κ1) is 13.1. The molecule has 0 radical (unpaired) electrons. The van der Waals surface area contributed by atoms with Crippen LogP contribution in [0.25, 0.3) is 0 Å². The number of ketones is 1. The van der Waals surface area contributed by atoms with Gasteiger partial charge in [0.05, 0.1) is 12.7 Å². The van der Waals surface area contributed by atoms with Crippen molar-refractivity contribution < 1.29 is 14.3 Å². The lowest BCUT2D eigenvalue weighted by atomic mass is 9.89. The van der Waals surface area contributed by atoms with Gasteiger partial charge >= 0.3 is 0 Å². The Morgan fingerprint density at radius 1 is 1.50 bits per heavy atom. The Bertz CT molecular complexity index is 436. The molecule has 2 rings (SSSR count). The summed E-state index contributed by atoms with van der Waals surface area (Å²) >= 11 is 0. The van der Waals surface area contributed by atoms with E-state index < -0.39 is 5.54 Å². The highest BCUT2D eigenvalue weighted by Gasteiger charge is 2.38. The van der Waals surface area contributed by atoms with Gasteiger partial charge in [0.2, 0.25) is 0 Å². The number of hydrogen-bond acceptors (Lipinski definition) is 4. The van der Waals surface area contributed by atoms with Crippen LogP contribution in [-0.2, 0) is 4.74 Å². The highest BCUT2D eigenvalue weighted by Crippen LogP contribution is 2.23. The van der Waals surface area contributed by atoms with Crippen LogP contribution in [-0.4, -0.2) is 30.6 Å². The Kier molecular flexibility index (Phi) is 3.68. The van der Waals surface area contributed by atoms with Gasteiger partial charge in [-0.15, -0.1) is 0 Å². The van der Waals surface area contributed by atoms with Gasteiger partial charge in [0.15, 0.2) is 5.78 Å². The fourth-order valence-corrected chi connectivity index (χ4v) is 2.03. The summed E-state index contributed by atoms with van der Waals surface area (Å²) in [4.78, 5) is 12.3. The van der Waals surface area contributed by atoms with Crippen molar-refractivity contribution in [1.29, 1.82) is 0 Å². The molecule has 4 nitrogen and oxygen atoms in total. The van der Waals surface area contributed by atoms with Crippen LogP contribution < -0.4 is 10.5 Å². The molecule has 0 aromatic heterocycles. The van der Waals surface area contributed by atoms with Gasteiger partial charge in [-0.2, -0.15) is 0 Å². The van der Waals surface area contributed by atoms with Gasteiger partial charge < -0.3 is 15.2 Å². The highest BCUT2D eigenvalue weighted by molar-refractivity contribution is 6.03. The smallest absolute Gasteiger partial charge is 0.185 e. The van der Waals surface area contributed by atoms with E-state index in [1.807, 2.05) is 26.0 Å². The molecule has 18 heavy (non-hydrogen) atoms. The molecule has 98 valence electrons. The number of nitrogens with two attached hydrogens (primary N) is 1. The van der Waals surface area contributed by atoms with Gasteiger partial charge in [0.1, 0.15) is 11.3 Å². The Labute approximate surface area is 107 Å². The van der Waals surface area contributed by atoms with Crippen LogP contribution >= 0.6 is 0 Å². The summed E-state index contributed by atoms with van der Waals surface area (Å²) in [5.41, 5.74) is 5.78. The largest absolute Gasteiger partial charge is 0.491 e. The van der Waals surface area contributed by atoms with Gasteiger partial charge in [-0.05, 0) is 32.4 Å². The SMILES string of the molecule is CC(C)Oc1cccc(C(=O)C2(N)CCOC2)c1. The molecule has 1 aromatic carbocycles. The number of ether oxygens (including phenoxy) is 2. The molecule has 1 unspecified atom stereocenters. The number of rotatable bonds is 4. The third-order valence-electron chi connectivity index (χ3n) is 2.97. The molecule has 1 saturated heterocycles. The normalized spacial score (nSPS) is 23.3. The van der Waals surface area contributed by atoms with Crippen molar-refractivity contribution in [3.05, 3.63) is 29.8 Å². The molecule has 1 fully saturated rings. The fourth-order valence-electron chi connectivity index (χ4n) is 2.03. The second-order valence-electron chi connectivity index (χ2n) is 4.98. The van der Waals surface area contributed by atoms with Crippen molar-refractivity contribution in [1.82, 2.24) is 0 Å². The predicted octanol–water partition coefficient (Wildman–Crippen LogP) is 1.77. The van der Waals surface area contributed by atoms with Crippen molar-refractivity contribution in [3.8, 4) is 5.75 Å². The van der Waals surface area contributed by atoms with Crippen LogP contribution in [0.5, 0.6) is 5.75 Å². The van der Waals surface area contributed by atoms with Gasteiger partial charge in [-0.3, -0.25) is 4.79 Å². The molecule has 0 aliphatic carbocycles. The summed E-state index contributed by atoms with van der Waals surface area (Å²) in [6.45, 7) is 4.74. The van der Waals surface area contributed by atoms with Crippen LogP contribution in [0.15, 0.2) is 24.3 Å². The third kappa shape index (κ3) is 2.71. The summed E-state index contributed by atoms with van der Waals surface area (Å²) in [5, 5.41) is 0. The monoisotopic (exact) mass is 249 g/mol. The third-order valence-corrected chi connectivity index (χ3v) is 2.97. The molecule has 0 saturated carbocycles.